The van der Waals surface area contributed by atoms with Gasteiger partial charge in [-0.2, -0.15) is 0 Å². The van der Waals surface area contributed by atoms with Crippen LogP contribution in [0.15, 0.2) is 33.9 Å². The minimum atomic E-state index is -1.20. The zero-order valence-corrected chi connectivity index (χ0v) is 18.6. The molecule has 11 nitrogen and oxygen atoms in total. The van der Waals surface area contributed by atoms with Crippen LogP contribution < -0.4 is 10.6 Å². The Morgan fingerprint density at radius 2 is 2.09 bits per heavy atom. The summed E-state index contributed by atoms with van der Waals surface area (Å²) in [6.45, 7) is 1.36. The number of amides is 2. The van der Waals surface area contributed by atoms with Crippen LogP contribution in [-0.4, -0.2) is 79.1 Å². The van der Waals surface area contributed by atoms with Crippen LogP contribution >= 0.6 is 23.5 Å². The highest BCUT2D eigenvalue weighted by Crippen LogP contribution is 2.46. The highest BCUT2D eigenvalue weighted by Gasteiger charge is 2.59. The van der Waals surface area contributed by atoms with Gasteiger partial charge in [0.25, 0.3) is 5.22 Å². The molecule has 13 heteroatoms. The molecule has 1 aromatic heterocycles. The number of benzene rings is 1. The van der Waals surface area contributed by atoms with E-state index in [0.29, 0.717) is 11.6 Å². The minimum absolute atomic E-state index is 0.00961. The number of phenolic OH excluding ortho intramolecular Hbond substituents is 1. The molecule has 3 atom stereocenters. The number of aliphatic carboxylic acids is 1. The van der Waals surface area contributed by atoms with Crippen molar-refractivity contribution in [1.29, 1.82) is 0 Å². The quantitative estimate of drug-likeness (QED) is 0.375. The summed E-state index contributed by atoms with van der Waals surface area (Å²) >= 11 is 2.45. The first-order chi connectivity index (χ1) is 15.3. The lowest BCUT2D eigenvalue weighted by Crippen LogP contribution is -2.75. The van der Waals surface area contributed by atoms with Gasteiger partial charge in [0.2, 0.25) is 17.7 Å². The van der Waals surface area contributed by atoms with Gasteiger partial charge in [0.1, 0.15) is 22.6 Å². The number of nitrogens with zero attached hydrogens (tertiary/aromatic N) is 4. The second kappa shape index (κ2) is 8.64. The van der Waals surface area contributed by atoms with Gasteiger partial charge in [0.15, 0.2) is 0 Å². The van der Waals surface area contributed by atoms with E-state index in [-0.39, 0.29) is 41.5 Å². The molecule has 2 fully saturated rings. The predicted molar refractivity (Wildman–Crippen MR) is 116 cm³/mol. The molecule has 170 valence electrons. The standard InChI is InChI=1S/C19H21N5O6S2/c1-10-21-22-18(30-10)32-9-19(17(28)29)7-23-15(27)14(16(23)31-8-19)24(13(26)6-20)11-2-4-12(25)5-3-11/h2-5,14,16,25H,6-9,20H2,1H3,(H,28,29)/t14?,16-,19?/m1/s1. The molecule has 1 aromatic carbocycles. The topological polar surface area (TPSA) is 163 Å². The first-order valence-corrected chi connectivity index (χ1v) is 11.7. The Balaban J connectivity index is 1.53. The molecule has 2 saturated heterocycles. The van der Waals surface area contributed by atoms with Crippen LogP contribution in [0.25, 0.3) is 0 Å². The van der Waals surface area contributed by atoms with E-state index >= 15 is 0 Å². The molecule has 32 heavy (non-hydrogen) atoms. The fraction of sp³-hybridized carbons (Fsp3) is 0.421. The molecule has 2 aliphatic rings. The van der Waals surface area contributed by atoms with Crippen molar-refractivity contribution >= 4 is 47.0 Å². The number of β-lactam (4-membered cyclic amide) rings is 1. The Bertz CT molecular complexity index is 1050. The highest BCUT2D eigenvalue weighted by molar-refractivity contribution is 8.00. The first-order valence-electron chi connectivity index (χ1n) is 9.65. The Morgan fingerprint density at radius 1 is 1.38 bits per heavy atom. The number of phenols is 1. The predicted octanol–water partition coefficient (Wildman–Crippen LogP) is 0.522. The van der Waals surface area contributed by atoms with Gasteiger partial charge < -0.3 is 25.3 Å². The number of anilines is 1. The highest BCUT2D eigenvalue weighted by atomic mass is 32.2. The van der Waals surface area contributed by atoms with Crippen LogP contribution in [-0.2, 0) is 14.4 Å². The molecule has 2 amide bonds. The number of carboxylic acids is 1. The van der Waals surface area contributed by atoms with E-state index in [1.165, 1.54) is 45.8 Å². The molecule has 4 rings (SSSR count). The van der Waals surface area contributed by atoms with Crippen LogP contribution in [0.5, 0.6) is 5.75 Å². The number of thioether (sulfide) groups is 2. The molecule has 4 N–H and O–H groups in total. The van der Waals surface area contributed by atoms with Crippen molar-refractivity contribution < 1.29 is 29.0 Å². The van der Waals surface area contributed by atoms with Crippen molar-refractivity contribution in [3.05, 3.63) is 30.2 Å². The van der Waals surface area contributed by atoms with Crippen molar-refractivity contribution in [3.8, 4) is 5.75 Å². The lowest BCUT2D eigenvalue weighted by molar-refractivity contribution is -0.156. The first kappa shape index (κ1) is 22.4. The van der Waals surface area contributed by atoms with Crippen molar-refractivity contribution in [2.75, 3.05) is 29.5 Å². The van der Waals surface area contributed by atoms with Crippen LogP contribution in [0, 0.1) is 12.3 Å². The number of aromatic nitrogens is 2. The Labute approximate surface area is 191 Å². The monoisotopic (exact) mass is 479 g/mol. The average Bonchev–Trinajstić information content (AvgIpc) is 3.21. The van der Waals surface area contributed by atoms with Gasteiger partial charge in [-0.05, 0) is 24.3 Å². The minimum Gasteiger partial charge on any atom is -0.508 e. The molecular formula is C19H21N5O6S2. The number of aromatic hydroxyl groups is 1. The lowest BCUT2D eigenvalue weighted by Gasteiger charge is -2.56. The molecule has 3 heterocycles. The Hall–Kier alpha value is -2.77. The molecular weight excluding hydrogens is 458 g/mol. The van der Waals surface area contributed by atoms with E-state index in [1.54, 1.807) is 6.92 Å². The van der Waals surface area contributed by atoms with Gasteiger partial charge in [0, 0.05) is 30.7 Å². The summed E-state index contributed by atoms with van der Waals surface area (Å²) in [6.07, 6.45) is 0. The van der Waals surface area contributed by atoms with Crippen molar-refractivity contribution in [2.45, 2.75) is 23.6 Å². The molecule has 2 aromatic rings. The molecule has 0 spiro atoms. The third-order valence-corrected chi connectivity index (χ3v) is 8.08. The van der Waals surface area contributed by atoms with Crippen molar-refractivity contribution in [3.63, 3.8) is 0 Å². The maximum Gasteiger partial charge on any atom is 0.313 e. The largest absolute Gasteiger partial charge is 0.508 e. The molecule has 2 aliphatic heterocycles. The zero-order chi connectivity index (χ0) is 23.0. The maximum atomic E-state index is 13.1. The van der Waals surface area contributed by atoms with Gasteiger partial charge in [0.05, 0.1) is 6.54 Å². The number of nitrogens with two attached hydrogens (primary N) is 1. The summed E-state index contributed by atoms with van der Waals surface area (Å²) in [5, 5.41) is 27.0. The lowest BCUT2D eigenvalue weighted by atomic mass is 9.89. The van der Waals surface area contributed by atoms with Crippen LogP contribution in [0.1, 0.15) is 5.89 Å². The van der Waals surface area contributed by atoms with Crippen LogP contribution in [0.2, 0.25) is 0 Å². The van der Waals surface area contributed by atoms with Gasteiger partial charge >= 0.3 is 5.97 Å². The molecule has 0 radical (unpaired) electrons. The number of fused-ring (bicyclic) bond motifs is 1. The van der Waals surface area contributed by atoms with E-state index in [2.05, 4.69) is 10.2 Å². The van der Waals surface area contributed by atoms with E-state index in [1.807, 2.05) is 0 Å². The summed E-state index contributed by atoms with van der Waals surface area (Å²) in [7, 11) is 0. The molecule has 0 saturated carbocycles. The zero-order valence-electron chi connectivity index (χ0n) is 17.0. The Morgan fingerprint density at radius 3 is 2.69 bits per heavy atom. The molecule has 0 aliphatic carbocycles. The second-order valence-corrected chi connectivity index (χ2v) is 9.59. The number of hydrogen-bond donors (Lipinski definition) is 3. The number of aryl methyl sites for hydroxylation is 1. The summed E-state index contributed by atoms with van der Waals surface area (Å²) < 4.78 is 5.31. The fourth-order valence-electron chi connectivity index (χ4n) is 3.70. The normalized spacial score (nSPS) is 24.6. The summed E-state index contributed by atoms with van der Waals surface area (Å²) in [4.78, 5) is 40.7. The maximum absolute atomic E-state index is 13.1. The van der Waals surface area contributed by atoms with E-state index in [9.17, 15) is 24.6 Å². The molecule has 2 unspecified atom stereocenters. The van der Waals surface area contributed by atoms with E-state index in [4.69, 9.17) is 10.2 Å². The number of carbonyl (C=O) groups excluding carboxylic acids is 2. The average molecular weight is 480 g/mol. The van der Waals surface area contributed by atoms with Gasteiger partial charge in [-0.15, -0.1) is 22.0 Å². The molecule has 0 bridgehead atoms. The third-order valence-electron chi connectivity index (χ3n) is 5.40. The second-order valence-electron chi connectivity index (χ2n) is 7.56. The SMILES string of the molecule is Cc1nnc(SCC2(C(=O)O)CS[C@@H]3C(N(C(=O)CN)c4ccc(O)cc4)C(=O)N3C2)o1. The van der Waals surface area contributed by atoms with Gasteiger partial charge in [-0.1, -0.05) is 11.8 Å². The van der Waals surface area contributed by atoms with Crippen LogP contribution in [0.4, 0.5) is 5.69 Å². The van der Waals surface area contributed by atoms with E-state index < -0.39 is 28.7 Å². The summed E-state index contributed by atoms with van der Waals surface area (Å²) in [6, 6.07) is 5.13. The number of rotatable bonds is 7. The van der Waals surface area contributed by atoms with Gasteiger partial charge in [-0.25, -0.2) is 0 Å². The third kappa shape index (κ3) is 3.91. The number of carboxylic acid groups (broad SMARTS) is 1. The van der Waals surface area contributed by atoms with E-state index in [0.717, 1.165) is 11.8 Å². The van der Waals surface area contributed by atoms with Crippen LogP contribution in [0.3, 0.4) is 0 Å². The van der Waals surface area contributed by atoms with Crippen molar-refractivity contribution in [2.24, 2.45) is 11.1 Å². The van der Waals surface area contributed by atoms with Crippen molar-refractivity contribution in [1.82, 2.24) is 15.1 Å². The summed E-state index contributed by atoms with van der Waals surface area (Å²) in [5.41, 5.74) is 4.82. The smallest absolute Gasteiger partial charge is 0.313 e. The summed E-state index contributed by atoms with van der Waals surface area (Å²) in [5.74, 6) is -0.989. The number of carbonyl (C=O) groups is 3. The Kier molecular flexibility index (Phi) is 6.05. The number of hydrogen-bond acceptors (Lipinski definition) is 10. The fourth-order valence-corrected chi connectivity index (χ4v) is 6.40. The van der Waals surface area contributed by atoms with Gasteiger partial charge in [-0.3, -0.25) is 19.3 Å².